The van der Waals surface area contributed by atoms with Gasteiger partial charge < -0.3 is 16.0 Å². The van der Waals surface area contributed by atoms with E-state index in [0.29, 0.717) is 23.8 Å². The van der Waals surface area contributed by atoms with Gasteiger partial charge >= 0.3 is 0 Å². The van der Waals surface area contributed by atoms with Gasteiger partial charge in [0.2, 0.25) is 5.91 Å². The maximum absolute atomic E-state index is 11.9. The second-order valence-corrected chi connectivity index (χ2v) is 4.51. The van der Waals surface area contributed by atoms with Crippen LogP contribution in [-0.4, -0.2) is 24.9 Å². The zero-order valence-electron chi connectivity index (χ0n) is 11.4. The van der Waals surface area contributed by atoms with E-state index in [0.717, 1.165) is 0 Å². The van der Waals surface area contributed by atoms with Crippen LogP contribution in [0.2, 0.25) is 5.02 Å². The summed E-state index contributed by atoms with van der Waals surface area (Å²) in [5.74, 6) is -0.674. The van der Waals surface area contributed by atoms with Crippen LogP contribution in [-0.2, 0) is 9.59 Å². The van der Waals surface area contributed by atoms with Crippen LogP contribution in [0.1, 0.15) is 6.92 Å². The Hall–Kier alpha value is -2.52. The molecule has 6 nitrogen and oxygen atoms in total. The average molecular weight is 307 g/mol. The highest BCUT2D eigenvalue weighted by Gasteiger charge is 2.09. The average Bonchev–Trinajstić information content (AvgIpc) is 2.42. The molecule has 0 radical (unpaired) electrons. The lowest BCUT2D eigenvalue weighted by molar-refractivity contribution is -0.119. The molecule has 0 heterocycles. The van der Waals surface area contributed by atoms with Crippen molar-refractivity contribution in [1.82, 2.24) is 10.6 Å². The van der Waals surface area contributed by atoms with Gasteiger partial charge in [-0.25, -0.2) is 0 Å². The summed E-state index contributed by atoms with van der Waals surface area (Å²) in [5, 5.41) is 17.4. The van der Waals surface area contributed by atoms with Crippen molar-refractivity contribution < 1.29 is 9.59 Å². The summed E-state index contributed by atoms with van der Waals surface area (Å²) in [6.07, 6.45) is 1.31. The lowest BCUT2D eigenvalue weighted by Gasteiger charge is -2.05. The molecule has 0 aliphatic carbocycles. The number of halogens is 1. The van der Waals surface area contributed by atoms with E-state index in [9.17, 15) is 9.59 Å². The lowest BCUT2D eigenvalue weighted by Crippen LogP contribution is -2.28. The van der Waals surface area contributed by atoms with Gasteiger partial charge in [-0.2, -0.15) is 5.26 Å². The van der Waals surface area contributed by atoms with Crippen LogP contribution in [0.3, 0.4) is 0 Å². The highest BCUT2D eigenvalue weighted by Crippen LogP contribution is 2.15. The van der Waals surface area contributed by atoms with Gasteiger partial charge in [0, 0.05) is 36.9 Å². The fourth-order valence-electron chi connectivity index (χ4n) is 1.40. The molecule has 0 bridgehead atoms. The van der Waals surface area contributed by atoms with Crippen LogP contribution >= 0.6 is 11.6 Å². The number of carbonyl (C=O) groups is 2. The first-order valence-corrected chi connectivity index (χ1v) is 6.55. The van der Waals surface area contributed by atoms with E-state index in [-0.39, 0.29) is 11.5 Å². The summed E-state index contributed by atoms with van der Waals surface area (Å²) < 4.78 is 0. The summed E-state index contributed by atoms with van der Waals surface area (Å²) in [6.45, 7) is 2.23. The molecule has 0 aliphatic heterocycles. The van der Waals surface area contributed by atoms with Gasteiger partial charge in [-0.05, 0) is 18.2 Å². The normalized spacial score (nSPS) is 10.4. The van der Waals surface area contributed by atoms with Gasteiger partial charge in [0.25, 0.3) is 5.91 Å². The third-order valence-electron chi connectivity index (χ3n) is 2.34. The first-order valence-electron chi connectivity index (χ1n) is 6.18. The quantitative estimate of drug-likeness (QED) is 0.421. The predicted octanol–water partition coefficient (Wildman–Crippen LogP) is 1.41. The first kappa shape index (κ1) is 16.5. The molecule has 0 saturated heterocycles. The number of carbonyl (C=O) groups excluding carboxylic acids is 2. The maximum Gasteiger partial charge on any atom is 0.267 e. The largest absolute Gasteiger partial charge is 0.388 e. The number of nitriles is 1. The molecule has 0 spiro atoms. The Morgan fingerprint density at radius 3 is 2.76 bits per heavy atom. The fraction of sp³-hybridized carbons (Fsp3) is 0.214. The highest BCUT2D eigenvalue weighted by atomic mass is 35.5. The van der Waals surface area contributed by atoms with Crippen LogP contribution in [0.15, 0.2) is 36.0 Å². The third-order valence-corrected chi connectivity index (χ3v) is 2.57. The summed E-state index contributed by atoms with van der Waals surface area (Å²) in [6, 6.07) is 8.43. The van der Waals surface area contributed by atoms with E-state index in [1.54, 1.807) is 30.3 Å². The minimum absolute atomic E-state index is 0.0715. The Bertz CT molecular complexity index is 593. The molecule has 2 amide bonds. The number of amides is 2. The number of nitrogens with one attached hydrogen (secondary N) is 3. The molecule has 0 saturated carbocycles. The molecule has 0 aliphatic rings. The smallest absolute Gasteiger partial charge is 0.267 e. The zero-order chi connectivity index (χ0) is 15.7. The van der Waals surface area contributed by atoms with Gasteiger partial charge in [0.05, 0.1) is 0 Å². The van der Waals surface area contributed by atoms with Crippen molar-refractivity contribution in [2.45, 2.75) is 6.92 Å². The predicted molar refractivity (Wildman–Crippen MR) is 80.5 cm³/mol. The van der Waals surface area contributed by atoms with Crippen molar-refractivity contribution in [3.63, 3.8) is 0 Å². The molecule has 1 aromatic rings. The van der Waals surface area contributed by atoms with Gasteiger partial charge in [0.15, 0.2) is 0 Å². The first-order chi connectivity index (χ1) is 10.0. The molecule has 3 N–H and O–H groups in total. The zero-order valence-corrected chi connectivity index (χ0v) is 12.2. The number of anilines is 1. The number of hydrogen-bond acceptors (Lipinski definition) is 4. The Kier molecular flexibility index (Phi) is 6.78. The van der Waals surface area contributed by atoms with Gasteiger partial charge in [-0.3, -0.25) is 9.59 Å². The molecule has 0 unspecified atom stereocenters. The molecule has 1 rings (SSSR count). The van der Waals surface area contributed by atoms with E-state index in [4.69, 9.17) is 16.9 Å². The van der Waals surface area contributed by atoms with E-state index in [2.05, 4.69) is 16.0 Å². The van der Waals surface area contributed by atoms with Gasteiger partial charge in [-0.1, -0.05) is 17.7 Å². The standard InChI is InChI=1S/C14H15ClN4O2/c1-10(20)18-6-5-17-9-11(8-16)14(21)19-13-4-2-3-12(15)7-13/h2-4,7,9,17H,5-6H2,1H3,(H,18,20)(H,19,21)/b11-9-. The molecule has 110 valence electrons. The monoisotopic (exact) mass is 306 g/mol. The van der Waals surface area contributed by atoms with Crippen LogP contribution in [0, 0.1) is 11.3 Å². The fourth-order valence-corrected chi connectivity index (χ4v) is 1.59. The van der Waals surface area contributed by atoms with Crippen molar-refractivity contribution in [3.05, 3.63) is 41.1 Å². The number of rotatable bonds is 6. The summed E-state index contributed by atoms with van der Waals surface area (Å²) >= 11 is 5.81. The lowest BCUT2D eigenvalue weighted by atomic mass is 10.2. The van der Waals surface area contributed by atoms with E-state index < -0.39 is 5.91 Å². The summed E-state index contributed by atoms with van der Waals surface area (Å²) in [4.78, 5) is 22.5. The van der Waals surface area contributed by atoms with Crippen molar-refractivity contribution in [2.24, 2.45) is 0 Å². The Morgan fingerprint density at radius 2 is 2.14 bits per heavy atom. The second-order valence-electron chi connectivity index (χ2n) is 4.07. The van der Waals surface area contributed by atoms with Crippen LogP contribution in [0.5, 0.6) is 0 Å². The summed E-state index contributed by atoms with van der Waals surface area (Å²) in [5.41, 5.74) is 0.435. The molecule has 0 atom stereocenters. The van der Waals surface area contributed by atoms with E-state index >= 15 is 0 Å². The third kappa shape index (κ3) is 6.45. The highest BCUT2D eigenvalue weighted by molar-refractivity contribution is 6.31. The van der Waals surface area contributed by atoms with Crippen molar-refractivity contribution in [2.75, 3.05) is 18.4 Å². The molecule has 0 fully saturated rings. The van der Waals surface area contributed by atoms with Crippen LogP contribution in [0.25, 0.3) is 0 Å². The molecule has 7 heteroatoms. The van der Waals surface area contributed by atoms with Gasteiger partial charge in [0.1, 0.15) is 11.6 Å². The topological polar surface area (TPSA) is 94.0 Å². The van der Waals surface area contributed by atoms with Crippen molar-refractivity contribution in [1.29, 1.82) is 5.26 Å². The van der Waals surface area contributed by atoms with E-state index in [1.807, 2.05) is 0 Å². The van der Waals surface area contributed by atoms with E-state index in [1.165, 1.54) is 13.1 Å². The minimum atomic E-state index is -0.535. The van der Waals surface area contributed by atoms with Gasteiger partial charge in [-0.15, -0.1) is 0 Å². The molecule has 21 heavy (non-hydrogen) atoms. The molecule has 1 aromatic carbocycles. The minimum Gasteiger partial charge on any atom is -0.388 e. The Balaban J connectivity index is 2.53. The summed E-state index contributed by atoms with van der Waals surface area (Å²) in [7, 11) is 0. The number of nitrogens with zero attached hydrogens (tertiary/aromatic N) is 1. The van der Waals surface area contributed by atoms with Crippen LogP contribution in [0.4, 0.5) is 5.69 Å². The molecule has 0 aromatic heterocycles. The van der Waals surface area contributed by atoms with Crippen molar-refractivity contribution in [3.8, 4) is 6.07 Å². The Morgan fingerprint density at radius 1 is 1.38 bits per heavy atom. The van der Waals surface area contributed by atoms with Crippen LogP contribution < -0.4 is 16.0 Å². The molecular formula is C14H15ClN4O2. The molecular weight excluding hydrogens is 292 g/mol. The SMILES string of the molecule is CC(=O)NCCN/C=C(/C#N)C(=O)Nc1cccc(Cl)c1. The Labute approximate surface area is 127 Å². The maximum atomic E-state index is 11.9. The number of hydrogen-bond donors (Lipinski definition) is 3. The second kappa shape index (κ2) is 8.61. The number of benzene rings is 1. The van der Waals surface area contributed by atoms with Crippen molar-refractivity contribution >= 4 is 29.1 Å².